The number of hydrogen-bond acceptors (Lipinski definition) is 8. The SMILES string of the molecule is C=C(C=O)CO.C=C(CO)C(=O)OOc1ccc(-c2ccc(-c3ccc(-c4ccc(OOC)cc4)c(CCCCC)c3)cc2CCCCC)cc1. The first-order valence-electron chi connectivity index (χ1n) is 17.4. The van der Waals surface area contributed by atoms with Crippen molar-refractivity contribution in [3.63, 3.8) is 0 Å². The third kappa shape index (κ3) is 12.7. The third-order valence-electron chi connectivity index (χ3n) is 8.22. The van der Waals surface area contributed by atoms with Gasteiger partial charge in [-0.1, -0.05) is 113 Å². The Kier molecular flexibility index (Phi) is 17.4. The van der Waals surface area contributed by atoms with Gasteiger partial charge in [0, 0.05) is 5.57 Å². The van der Waals surface area contributed by atoms with E-state index in [-0.39, 0.29) is 17.8 Å². The van der Waals surface area contributed by atoms with Crippen molar-refractivity contribution in [3.8, 4) is 44.9 Å². The number of aliphatic hydroxyl groups excluding tert-OH is 2. The Bertz CT molecular complexity index is 1710. The van der Waals surface area contributed by atoms with Crippen LogP contribution in [0.2, 0.25) is 0 Å². The first kappa shape index (κ1) is 40.4. The fourth-order valence-electron chi connectivity index (χ4n) is 5.38. The largest absolute Gasteiger partial charge is 0.392 e. The van der Waals surface area contributed by atoms with Crippen molar-refractivity contribution >= 4 is 12.3 Å². The topological polar surface area (TPSA) is 112 Å². The number of aryl methyl sites for hydroxylation is 2. The molecule has 0 heterocycles. The van der Waals surface area contributed by atoms with Gasteiger partial charge < -0.3 is 15.1 Å². The number of aldehydes is 1. The first-order chi connectivity index (χ1) is 24.8. The van der Waals surface area contributed by atoms with E-state index in [1.54, 1.807) is 12.1 Å². The van der Waals surface area contributed by atoms with Crippen molar-refractivity contribution in [1.82, 2.24) is 0 Å². The van der Waals surface area contributed by atoms with Crippen LogP contribution < -0.4 is 9.78 Å². The summed E-state index contributed by atoms with van der Waals surface area (Å²) in [6.45, 7) is 10.4. The fourth-order valence-corrected chi connectivity index (χ4v) is 5.38. The molecule has 8 heteroatoms. The molecular formula is C43H50O8. The van der Waals surface area contributed by atoms with Crippen molar-refractivity contribution < 1.29 is 39.4 Å². The van der Waals surface area contributed by atoms with Gasteiger partial charge in [0.1, 0.15) is 6.29 Å². The van der Waals surface area contributed by atoms with E-state index in [1.807, 2.05) is 24.3 Å². The molecule has 0 radical (unpaired) electrons. The zero-order valence-corrected chi connectivity index (χ0v) is 30.0. The first-order valence-corrected chi connectivity index (χ1v) is 17.4. The molecule has 51 heavy (non-hydrogen) atoms. The lowest BCUT2D eigenvalue weighted by Gasteiger charge is -2.16. The highest BCUT2D eigenvalue weighted by Gasteiger charge is 2.13. The van der Waals surface area contributed by atoms with Crippen molar-refractivity contribution in [2.24, 2.45) is 0 Å². The normalized spacial score (nSPS) is 10.5. The molecule has 0 aromatic heterocycles. The Morgan fingerprint density at radius 3 is 1.47 bits per heavy atom. The van der Waals surface area contributed by atoms with Gasteiger partial charge in [-0.25, -0.2) is 9.68 Å². The smallest absolute Gasteiger partial charge is 0.383 e. The summed E-state index contributed by atoms with van der Waals surface area (Å²) in [6, 6.07) is 29.1. The molecule has 0 bridgehead atoms. The predicted octanol–water partition coefficient (Wildman–Crippen LogP) is 9.21. The molecule has 0 fully saturated rings. The quantitative estimate of drug-likeness (QED) is 0.0329. The predicted molar refractivity (Wildman–Crippen MR) is 202 cm³/mol. The Morgan fingerprint density at radius 1 is 0.647 bits per heavy atom. The maximum Gasteiger partial charge on any atom is 0.383 e. The minimum atomic E-state index is -0.800. The zero-order chi connectivity index (χ0) is 37.0. The summed E-state index contributed by atoms with van der Waals surface area (Å²) in [7, 11) is 1.51. The Morgan fingerprint density at radius 2 is 1.10 bits per heavy atom. The van der Waals surface area contributed by atoms with Crippen LogP contribution >= 0.6 is 0 Å². The summed E-state index contributed by atoms with van der Waals surface area (Å²) in [5, 5.41) is 17.0. The number of carbonyl (C=O) groups excluding carboxylic acids is 2. The molecule has 0 saturated carbocycles. The van der Waals surface area contributed by atoms with E-state index < -0.39 is 12.6 Å². The summed E-state index contributed by atoms with van der Waals surface area (Å²) in [5.74, 6) is 0.265. The minimum absolute atomic E-state index is 0.0714. The van der Waals surface area contributed by atoms with E-state index in [1.165, 1.54) is 59.8 Å². The molecular weight excluding hydrogens is 644 g/mol. The van der Waals surface area contributed by atoms with Gasteiger partial charge in [-0.2, -0.15) is 4.89 Å². The van der Waals surface area contributed by atoms with Gasteiger partial charge in [0.15, 0.2) is 11.5 Å². The number of unbranched alkanes of at least 4 members (excludes halogenated alkanes) is 4. The van der Waals surface area contributed by atoms with Crippen LogP contribution in [0, 0.1) is 0 Å². The van der Waals surface area contributed by atoms with Gasteiger partial charge in [0.05, 0.1) is 25.9 Å². The van der Waals surface area contributed by atoms with Crippen LogP contribution in [0.15, 0.2) is 109 Å². The maximum atomic E-state index is 11.8. The number of rotatable bonds is 19. The second-order valence-corrected chi connectivity index (χ2v) is 12.1. The Hall–Kier alpha value is -5.02. The van der Waals surface area contributed by atoms with E-state index in [0.717, 1.165) is 43.2 Å². The summed E-state index contributed by atoms with van der Waals surface area (Å²) < 4.78 is 0. The molecule has 0 amide bonds. The summed E-state index contributed by atoms with van der Waals surface area (Å²) in [5.41, 5.74) is 9.83. The van der Waals surface area contributed by atoms with Crippen molar-refractivity contribution in [1.29, 1.82) is 0 Å². The fraction of sp³-hybridized carbons (Fsp3) is 0.302. The number of benzene rings is 4. The minimum Gasteiger partial charge on any atom is -0.392 e. The molecule has 270 valence electrons. The number of aliphatic hydroxyl groups is 2. The van der Waals surface area contributed by atoms with E-state index in [2.05, 4.69) is 75.5 Å². The second-order valence-electron chi connectivity index (χ2n) is 12.1. The molecule has 8 nitrogen and oxygen atoms in total. The molecule has 2 N–H and O–H groups in total. The molecule has 0 unspecified atom stereocenters. The van der Waals surface area contributed by atoms with Gasteiger partial charge in [0.2, 0.25) is 0 Å². The van der Waals surface area contributed by atoms with Crippen LogP contribution in [0.5, 0.6) is 11.5 Å². The molecule has 0 aliphatic rings. The summed E-state index contributed by atoms with van der Waals surface area (Å²) >= 11 is 0. The lowest BCUT2D eigenvalue weighted by atomic mass is 9.89. The van der Waals surface area contributed by atoms with Gasteiger partial charge >= 0.3 is 5.97 Å². The zero-order valence-electron chi connectivity index (χ0n) is 30.0. The van der Waals surface area contributed by atoms with Crippen LogP contribution in [-0.2, 0) is 32.2 Å². The second kappa shape index (κ2) is 21.9. The molecule has 4 aromatic carbocycles. The molecule has 4 rings (SSSR count). The molecule has 0 saturated heterocycles. The van der Waals surface area contributed by atoms with Gasteiger partial charge in [-0.3, -0.25) is 9.68 Å². The molecule has 0 spiro atoms. The van der Waals surface area contributed by atoms with Crippen LogP contribution in [0.1, 0.15) is 63.5 Å². The average Bonchev–Trinajstić information content (AvgIpc) is 3.17. The highest BCUT2D eigenvalue weighted by Crippen LogP contribution is 2.35. The third-order valence-corrected chi connectivity index (χ3v) is 8.22. The summed E-state index contributed by atoms with van der Waals surface area (Å²) in [6.07, 6.45) is 9.50. The Balaban J connectivity index is 0.00000107. The Labute approximate surface area is 301 Å². The van der Waals surface area contributed by atoms with Gasteiger partial charge in [0.25, 0.3) is 0 Å². The highest BCUT2D eigenvalue weighted by molar-refractivity contribution is 5.87. The number of carbonyl (C=O) groups is 2. The maximum absolute atomic E-state index is 11.8. The summed E-state index contributed by atoms with van der Waals surface area (Å²) in [4.78, 5) is 41.1. The van der Waals surface area contributed by atoms with Crippen LogP contribution in [-0.4, -0.2) is 42.8 Å². The standard InChI is InChI=1S/C39H44O6.C4H6O2/c1-5-7-9-11-33-25-31(17-23-37(33)29-13-19-35(20-14-29)43-42-4)32-18-24-38(34(26-32)12-10-8-6-2)30-15-21-36(22-16-30)44-45-39(41)28(3)27-40;1-4(2-5)3-6/h13-26,40H,3,5-12,27H2,1-2,4H3;2,6H,1,3H2. The lowest BCUT2D eigenvalue weighted by Crippen LogP contribution is -2.12. The lowest BCUT2D eigenvalue weighted by molar-refractivity contribution is -0.209. The van der Waals surface area contributed by atoms with E-state index in [9.17, 15) is 9.59 Å². The van der Waals surface area contributed by atoms with Crippen molar-refractivity contribution in [3.05, 3.63) is 120 Å². The average molecular weight is 695 g/mol. The van der Waals surface area contributed by atoms with Crippen LogP contribution in [0.4, 0.5) is 0 Å². The van der Waals surface area contributed by atoms with E-state index >= 15 is 0 Å². The number of hydrogen-bond donors (Lipinski definition) is 2. The van der Waals surface area contributed by atoms with Crippen molar-refractivity contribution in [2.45, 2.75) is 65.2 Å². The van der Waals surface area contributed by atoms with Crippen LogP contribution in [0.25, 0.3) is 33.4 Å². The monoisotopic (exact) mass is 694 g/mol. The highest BCUT2D eigenvalue weighted by atomic mass is 17.2. The van der Waals surface area contributed by atoms with Crippen molar-refractivity contribution in [2.75, 3.05) is 20.3 Å². The van der Waals surface area contributed by atoms with E-state index in [0.29, 0.717) is 17.8 Å². The molecule has 4 aromatic rings. The van der Waals surface area contributed by atoms with Gasteiger partial charge in [-0.05, 0) is 94.5 Å². The van der Waals surface area contributed by atoms with Crippen LogP contribution in [0.3, 0.4) is 0 Å². The molecule has 0 atom stereocenters. The van der Waals surface area contributed by atoms with E-state index in [4.69, 9.17) is 29.8 Å². The van der Waals surface area contributed by atoms with Gasteiger partial charge in [-0.15, -0.1) is 0 Å². The molecule has 0 aliphatic heterocycles. The molecule has 0 aliphatic carbocycles.